The molecule has 0 radical (unpaired) electrons. The number of aliphatic hydroxyl groups is 1. The van der Waals surface area contributed by atoms with Crippen LogP contribution in [0.25, 0.3) is 0 Å². The molecule has 1 aromatic rings. The summed E-state index contributed by atoms with van der Waals surface area (Å²) < 4.78 is 32.3. The number of thioether (sulfide) groups is 1. The molecule has 1 aromatic carbocycles. The van der Waals surface area contributed by atoms with Crippen molar-refractivity contribution in [2.75, 3.05) is 25.5 Å². The Kier molecular flexibility index (Phi) is 6.35. The second-order valence-electron chi connectivity index (χ2n) is 4.88. The van der Waals surface area contributed by atoms with Crippen LogP contribution in [-0.2, 0) is 10.0 Å². The van der Waals surface area contributed by atoms with Gasteiger partial charge in [-0.3, -0.25) is 0 Å². The van der Waals surface area contributed by atoms with E-state index in [0.717, 1.165) is 12.2 Å². The van der Waals surface area contributed by atoms with Gasteiger partial charge in [-0.25, -0.2) is 13.1 Å². The maximum absolute atomic E-state index is 12.2. The monoisotopic (exact) mass is 331 g/mol. The van der Waals surface area contributed by atoms with Crippen LogP contribution in [0, 0.1) is 0 Å². The molecule has 0 spiro atoms. The van der Waals surface area contributed by atoms with Gasteiger partial charge in [-0.05, 0) is 42.9 Å². The van der Waals surface area contributed by atoms with Gasteiger partial charge in [0.15, 0.2) is 0 Å². The van der Waals surface area contributed by atoms with Gasteiger partial charge < -0.3 is 9.84 Å². The molecular formula is C14H21NO4S2. The molecule has 7 heteroatoms. The molecule has 0 saturated carbocycles. The molecule has 1 unspecified atom stereocenters. The van der Waals surface area contributed by atoms with Gasteiger partial charge in [0.25, 0.3) is 0 Å². The highest BCUT2D eigenvalue weighted by Crippen LogP contribution is 2.25. The third kappa shape index (κ3) is 5.18. The van der Waals surface area contributed by atoms with Gasteiger partial charge in [-0.15, -0.1) is 0 Å². The topological polar surface area (TPSA) is 75.6 Å². The van der Waals surface area contributed by atoms with Crippen molar-refractivity contribution < 1.29 is 18.3 Å². The first-order valence-corrected chi connectivity index (χ1v) is 9.60. The van der Waals surface area contributed by atoms with Crippen LogP contribution in [-0.4, -0.2) is 44.3 Å². The second-order valence-corrected chi connectivity index (χ2v) is 8.06. The fraction of sp³-hybridized carbons (Fsp3) is 0.571. The van der Waals surface area contributed by atoms with Crippen LogP contribution in [0.4, 0.5) is 0 Å². The van der Waals surface area contributed by atoms with Gasteiger partial charge in [0.1, 0.15) is 12.4 Å². The lowest BCUT2D eigenvalue weighted by Gasteiger charge is -2.21. The summed E-state index contributed by atoms with van der Waals surface area (Å²) in [5, 5.41) is 9.05. The summed E-state index contributed by atoms with van der Waals surface area (Å²) in [6.45, 7) is 0.611. The molecular weight excluding hydrogens is 310 g/mol. The highest BCUT2D eigenvalue weighted by atomic mass is 32.2. The lowest BCUT2D eigenvalue weighted by molar-refractivity contribution is 0.201. The number of ether oxygens (including phenoxy) is 1. The van der Waals surface area contributed by atoms with E-state index in [1.165, 1.54) is 25.0 Å². The molecule has 0 aromatic heterocycles. The van der Waals surface area contributed by atoms with Crippen LogP contribution in [0.3, 0.4) is 0 Å². The quantitative estimate of drug-likeness (QED) is 0.794. The van der Waals surface area contributed by atoms with Crippen molar-refractivity contribution in [1.82, 2.24) is 4.72 Å². The van der Waals surface area contributed by atoms with Gasteiger partial charge in [0, 0.05) is 11.8 Å². The van der Waals surface area contributed by atoms with Gasteiger partial charge in [0.2, 0.25) is 10.0 Å². The molecule has 2 rings (SSSR count). The molecule has 0 aliphatic carbocycles. The van der Waals surface area contributed by atoms with Crippen molar-refractivity contribution in [3.05, 3.63) is 24.3 Å². The molecule has 1 atom stereocenters. The molecule has 0 amide bonds. The van der Waals surface area contributed by atoms with E-state index >= 15 is 0 Å². The molecule has 1 aliphatic heterocycles. The summed E-state index contributed by atoms with van der Waals surface area (Å²) in [5.74, 6) is 1.66. The smallest absolute Gasteiger partial charge is 0.240 e. The van der Waals surface area contributed by atoms with E-state index in [4.69, 9.17) is 9.84 Å². The second kappa shape index (κ2) is 8.03. The van der Waals surface area contributed by atoms with Crippen molar-refractivity contribution >= 4 is 21.8 Å². The summed E-state index contributed by atoms with van der Waals surface area (Å²) in [5.41, 5.74) is 0. The Hall–Kier alpha value is -0.760. The lowest BCUT2D eigenvalue weighted by atomic mass is 10.2. The maximum Gasteiger partial charge on any atom is 0.240 e. The molecule has 0 bridgehead atoms. The zero-order valence-corrected chi connectivity index (χ0v) is 13.5. The average Bonchev–Trinajstić information content (AvgIpc) is 2.52. The van der Waals surface area contributed by atoms with E-state index in [1.807, 2.05) is 11.8 Å². The number of rotatable bonds is 7. The lowest BCUT2D eigenvalue weighted by Crippen LogP contribution is -2.31. The molecule has 2 N–H and O–H groups in total. The third-order valence-corrected chi connectivity index (χ3v) is 6.11. The zero-order valence-electron chi connectivity index (χ0n) is 11.8. The summed E-state index contributed by atoms with van der Waals surface area (Å²) in [7, 11) is -3.47. The molecule has 118 valence electrons. The molecule has 1 heterocycles. The minimum atomic E-state index is -3.47. The van der Waals surface area contributed by atoms with Crippen LogP contribution < -0.4 is 9.46 Å². The predicted molar refractivity (Wildman–Crippen MR) is 84.3 cm³/mol. The Labute approximate surface area is 130 Å². The van der Waals surface area contributed by atoms with Crippen LogP contribution in [0.5, 0.6) is 5.75 Å². The highest BCUT2D eigenvalue weighted by Gasteiger charge is 2.19. The SMILES string of the molecule is O=S(=O)(NCC1CCCCS1)c1ccc(OCCO)cc1. The number of benzene rings is 1. The number of nitrogens with one attached hydrogen (secondary N) is 1. The van der Waals surface area contributed by atoms with Crippen LogP contribution >= 0.6 is 11.8 Å². The van der Waals surface area contributed by atoms with Gasteiger partial charge in [-0.1, -0.05) is 6.42 Å². The first kappa shape index (κ1) is 16.6. The number of sulfonamides is 1. The normalized spacial score (nSPS) is 19.4. The van der Waals surface area contributed by atoms with Crippen molar-refractivity contribution in [2.24, 2.45) is 0 Å². The first-order chi connectivity index (χ1) is 10.1. The van der Waals surface area contributed by atoms with E-state index in [1.54, 1.807) is 12.1 Å². The van der Waals surface area contributed by atoms with Gasteiger partial charge in [0.05, 0.1) is 11.5 Å². The van der Waals surface area contributed by atoms with E-state index in [2.05, 4.69) is 4.72 Å². The molecule has 1 aliphatic rings. The first-order valence-electron chi connectivity index (χ1n) is 7.07. The summed E-state index contributed by atoms with van der Waals surface area (Å²) >= 11 is 1.84. The third-order valence-electron chi connectivity index (χ3n) is 3.27. The molecule has 5 nitrogen and oxygen atoms in total. The van der Waals surface area contributed by atoms with E-state index in [-0.39, 0.29) is 18.1 Å². The number of hydrogen-bond acceptors (Lipinski definition) is 5. The molecule has 1 fully saturated rings. The predicted octanol–water partition coefficient (Wildman–Crippen LogP) is 1.62. The van der Waals surface area contributed by atoms with Crippen LogP contribution in [0.15, 0.2) is 29.2 Å². The number of aliphatic hydroxyl groups excluding tert-OH is 1. The van der Waals surface area contributed by atoms with Crippen LogP contribution in [0.1, 0.15) is 19.3 Å². The van der Waals surface area contributed by atoms with E-state index in [0.29, 0.717) is 17.5 Å². The number of hydrogen-bond donors (Lipinski definition) is 2. The fourth-order valence-corrected chi connectivity index (χ4v) is 4.56. The van der Waals surface area contributed by atoms with Crippen molar-refractivity contribution in [1.29, 1.82) is 0 Å². The Morgan fingerprint density at radius 3 is 2.67 bits per heavy atom. The maximum atomic E-state index is 12.2. The average molecular weight is 331 g/mol. The highest BCUT2D eigenvalue weighted by molar-refractivity contribution is 8.00. The molecule has 1 saturated heterocycles. The van der Waals surface area contributed by atoms with Crippen molar-refractivity contribution in [2.45, 2.75) is 29.4 Å². The van der Waals surface area contributed by atoms with Gasteiger partial charge in [-0.2, -0.15) is 11.8 Å². The Bertz CT molecular complexity index is 524. The standard InChI is InChI=1S/C14H21NO4S2/c16-8-9-19-12-4-6-14(7-5-12)21(17,18)15-11-13-3-1-2-10-20-13/h4-7,13,15-16H,1-3,8-11H2. The van der Waals surface area contributed by atoms with E-state index in [9.17, 15) is 8.42 Å². The minimum absolute atomic E-state index is 0.0688. The van der Waals surface area contributed by atoms with Crippen molar-refractivity contribution in [3.63, 3.8) is 0 Å². The summed E-state index contributed by atoms with van der Waals surface area (Å²) in [4.78, 5) is 0.236. The van der Waals surface area contributed by atoms with Crippen LogP contribution in [0.2, 0.25) is 0 Å². The van der Waals surface area contributed by atoms with Crippen molar-refractivity contribution in [3.8, 4) is 5.75 Å². The largest absolute Gasteiger partial charge is 0.491 e. The van der Waals surface area contributed by atoms with E-state index < -0.39 is 10.0 Å². The molecule has 21 heavy (non-hydrogen) atoms. The Morgan fingerprint density at radius 1 is 1.29 bits per heavy atom. The van der Waals surface area contributed by atoms with Gasteiger partial charge >= 0.3 is 0 Å². The zero-order chi connectivity index (χ0) is 15.1. The Balaban J connectivity index is 1.91. The minimum Gasteiger partial charge on any atom is -0.491 e. The fourth-order valence-electron chi connectivity index (χ4n) is 2.13. The Morgan fingerprint density at radius 2 is 2.05 bits per heavy atom. The summed E-state index contributed by atoms with van der Waals surface area (Å²) in [6.07, 6.45) is 3.47. The summed E-state index contributed by atoms with van der Waals surface area (Å²) in [6, 6.07) is 6.23.